The minimum Gasteiger partial charge on any atom is -0.469 e. The highest BCUT2D eigenvalue weighted by Gasteiger charge is 2.24. The molecular formula is C16H21N3O4. The second kappa shape index (κ2) is 8.26. The molecule has 1 saturated heterocycles. The maximum Gasteiger partial charge on any atom is 0.306 e. The molecule has 1 N–H and O–H groups in total. The Morgan fingerprint density at radius 2 is 2.00 bits per heavy atom. The average Bonchev–Trinajstić information content (AvgIpc) is 2.60. The monoisotopic (exact) mass is 319 g/mol. The topological polar surface area (TPSA) is 88.6 Å². The zero-order valence-corrected chi connectivity index (χ0v) is 13.2. The van der Waals surface area contributed by atoms with E-state index in [-0.39, 0.29) is 36.7 Å². The van der Waals surface area contributed by atoms with E-state index < -0.39 is 0 Å². The van der Waals surface area contributed by atoms with Gasteiger partial charge in [-0.3, -0.25) is 19.4 Å². The van der Waals surface area contributed by atoms with E-state index >= 15 is 0 Å². The van der Waals surface area contributed by atoms with Gasteiger partial charge in [0.2, 0.25) is 5.91 Å². The number of rotatable bonds is 5. The Kier molecular flexibility index (Phi) is 6.08. The molecule has 7 nitrogen and oxygen atoms in total. The SMILES string of the molecule is COC(=O)CCC(=O)N1CCC(NC(=O)c2ccccn2)CC1. The molecule has 0 spiro atoms. The average molecular weight is 319 g/mol. The third-order valence-corrected chi connectivity index (χ3v) is 3.85. The van der Waals surface area contributed by atoms with Gasteiger partial charge < -0.3 is 15.0 Å². The van der Waals surface area contributed by atoms with E-state index in [4.69, 9.17) is 0 Å². The van der Waals surface area contributed by atoms with E-state index in [1.807, 2.05) is 0 Å². The fraction of sp³-hybridized carbons (Fsp3) is 0.500. The Labute approximate surface area is 135 Å². The first-order valence-corrected chi connectivity index (χ1v) is 7.66. The molecule has 0 bridgehead atoms. The number of ether oxygens (including phenoxy) is 1. The smallest absolute Gasteiger partial charge is 0.306 e. The van der Waals surface area contributed by atoms with Gasteiger partial charge in [0.1, 0.15) is 5.69 Å². The van der Waals surface area contributed by atoms with E-state index in [1.165, 1.54) is 7.11 Å². The van der Waals surface area contributed by atoms with E-state index in [0.29, 0.717) is 31.6 Å². The predicted octanol–water partition coefficient (Wildman–Crippen LogP) is 0.756. The van der Waals surface area contributed by atoms with E-state index in [1.54, 1.807) is 29.3 Å². The van der Waals surface area contributed by atoms with Crippen molar-refractivity contribution in [2.24, 2.45) is 0 Å². The van der Waals surface area contributed by atoms with Crippen molar-refractivity contribution in [1.29, 1.82) is 0 Å². The minimum absolute atomic E-state index is 0.0363. The predicted molar refractivity (Wildman–Crippen MR) is 82.6 cm³/mol. The third-order valence-electron chi connectivity index (χ3n) is 3.85. The summed E-state index contributed by atoms with van der Waals surface area (Å²) in [6.45, 7) is 1.15. The molecule has 0 radical (unpaired) electrons. The van der Waals surface area contributed by atoms with E-state index in [9.17, 15) is 14.4 Å². The molecule has 0 atom stereocenters. The van der Waals surface area contributed by atoms with Gasteiger partial charge in [0.05, 0.1) is 13.5 Å². The van der Waals surface area contributed by atoms with Crippen molar-refractivity contribution in [2.75, 3.05) is 20.2 Å². The summed E-state index contributed by atoms with van der Waals surface area (Å²) in [5.74, 6) is -0.623. The molecule has 2 amide bonds. The maximum atomic E-state index is 12.0. The van der Waals surface area contributed by atoms with Crippen molar-refractivity contribution in [2.45, 2.75) is 31.7 Å². The van der Waals surface area contributed by atoms with Crippen LogP contribution in [0.1, 0.15) is 36.2 Å². The number of likely N-dealkylation sites (tertiary alicyclic amines) is 1. The van der Waals surface area contributed by atoms with Crippen molar-refractivity contribution in [3.05, 3.63) is 30.1 Å². The number of carbonyl (C=O) groups is 3. The Bertz CT molecular complexity index is 554. The number of amides is 2. The minimum atomic E-state index is -0.379. The lowest BCUT2D eigenvalue weighted by Gasteiger charge is -2.32. The van der Waals surface area contributed by atoms with Crippen molar-refractivity contribution < 1.29 is 19.1 Å². The number of methoxy groups -OCH3 is 1. The quantitative estimate of drug-likeness (QED) is 0.809. The number of nitrogens with zero attached hydrogens (tertiary/aromatic N) is 2. The van der Waals surface area contributed by atoms with Crippen molar-refractivity contribution in [1.82, 2.24) is 15.2 Å². The van der Waals surface area contributed by atoms with Crippen LogP contribution in [0.4, 0.5) is 0 Å². The van der Waals surface area contributed by atoms with Crippen LogP contribution >= 0.6 is 0 Å². The Hall–Kier alpha value is -2.44. The molecule has 0 aromatic carbocycles. The number of esters is 1. The summed E-state index contributed by atoms with van der Waals surface area (Å²) in [7, 11) is 1.31. The maximum absolute atomic E-state index is 12.0. The van der Waals surface area contributed by atoms with Crippen LogP contribution in [0.2, 0.25) is 0 Å². The van der Waals surface area contributed by atoms with Crippen LogP contribution in [0, 0.1) is 0 Å². The van der Waals surface area contributed by atoms with Crippen molar-refractivity contribution in [3.63, 3.8) is 0 Å². The first kappa shape index (κ1) is 16.9. The summed E-state index contributed by atoms with van der Waals surface area (Å²) in [6, 6.07) is 5.23. The van der Waals surface area contributed by atoms with Crippen LogP contribution in [0.5, 0.6) is 0 Å². The molecule has 0 saturated carbocycles. The van der Waals surface area contributed by atoms with Crippen LogP contribution in [0.25, 0.3) is 0 Å². The van der Waals surface area contributed by atoms with Gasteiger partial charge >= 0.3 is 5.97 Å². The molecular weight excluding hydrogens is 298 g/mol. The normalized spacial score (nSPS) is 15.1. The Morgan fingerprint density at radius 1 is 1.26 bits per heavy atom. The largest absolute Gasteiger partial charge is 0.469 e. The number of hydrogen-bond acceptors (Lipinski definition) is 5. The van der Waals surface area contributed by atoms with Crippen molar-refractivity contribution in [3.8, 4) is 0 Å². The molecule has 124 valence electrons. The van der Waals surface area contributed by atoms with Crippen LogP contribution in [0.3, 0.4) is 0 Å². The molecule has 1 aromatic heterocycles. The number of pyridine rings is 1. The Balaban J connectivity index is 1.74. The highest BCUT2D eigenvalue weighted by atomic mass is 16.5. The standard InChI is InChI=1S/C16H21N3O4/c1-23-15(21)6-5-14(20)19-10-7-12(8-11-19)18-16(22)13-4-2-3-9-17-13/h2-4,9,12H,5-8,10-11H2,1H3,(H,18,22). The summed E-state index contributed by atoms with van der Waals surface area (Å²) in [5, 5.41) is 2.94. The molecule has 2 heterocycles. The summed E-state index contributed by atoms with van der Waals surface area (Å²) >= 11 is 0. The van der Waals surface area contributed by atoms with Gasteiger partial charge in [0.15, 0.2) is 0 Å². The van der Waals surface area contributed by atoms with Gasteiger partial charge in [-0.2, -0.15) is 0 Å². The lowest BCUT2D eigenvalue weighted by Crippen LogP contribution is -2.46. The number of nitrogens with one attached hydrogen (secondary N) is 1. The molecule has 1 aromatic rings. The first-order chi connectivity index (χ1) is 11.1. The summed E-state index contributed by atoms with van der Waals surface area (Å²) < 4.78 is 4.53. The molecule has 7 heteroatoms. The van der Waals surface area contributed by atoms with E-state index in [0.717, 1.165) is 0 Å². The van der Waals surface area contributed by atoms with Gasteiger partial charge in [0, 0.05) is 31.7 Å². The lowest BCUT2D eigenvalue weighted by atomic mass is 10.0. The number of piperidine rings is 1. The molecule has 0 unspecified atom stereocenters. The van der Waals surface area contributed by atoms with Crippen LogP contribution in [0.15, 0.2) is 24.4 Å². The summed E-state index contributed by atoms with van der Waals surface area (Å²) in [6.07, 6.45) is 3.24. The molecule has 1 aliphatic heterocycles. The zero-order valence-electron chi connectivity index (χ0n) is 13.2. The van der Waals surface area contributed by atoms with Gasteiger partial charge in [0.25, 0.3) is 5.91 Å². The molecule has 2 rings (SSSR count). The van der Waals surface area contributed by atoms with Crippen LogP contribution in [-0.2, 0) is 14.3 Å². The number of hydrogen-bond donors (Lipinski definition) is 1. The van der Waals surface area contributed by atoms with Gasteiger partial charge in [-0.25, -0.2) is 0 Å². The molecule has 1 aliphatic rings. The van der Waals surface area contributed by atoms with Gasteiger partial charge in [-0.15, -0.1) is 0 Å². The van der Waals surface area contributed by atoms with Crippen LogP contribution < -0.4 is 5.32 Å². The summed E-state index contributed by atoms with van der Waals surface area (Å²) in [4.78, 5) is 40.8. The number of carbonyl (C=O) groups excluding carboxylic acids is 3. The highest BCUT2D eigenvalue weighted by molar-refractivity contribution is 5.92. The van der Waals surface area contributed by atoms with Gasteiger partial charge in [-0.1, -0.05) is 6.07 Å². The van der Waals surface area contributed by atoms with E-state index in [2.05, 4.69) is 15.0 Å². The summed E-state index contributed by atoms with van der Waals surface area (Å²) in [5.41, 5.74) is 0.393. The lowest BCUT2D eigenvalue weighted by molar-refractivity contribution is -0.143. The first-order valence-electron chi connectivity index (χ1n) is 7.66. The fourth-order valence-electron chi connectivity index (χ4n) is 2.50. The molecule has 23 heavy (non-hydrogen) atoms. The second-order valence-corrected chi connectivity index (χ2v) is 5.42. The van der Waals surface area contributed by atoms with Gasteiger partial charge in [-0.05, 0) is 25.0 Å². The third kappa shape index (κ3) is 5.05. The van der Waals surface area contributed by atoms with Crippen molar-refractivity contribution >= 4 is 17.8 Å². The molecule has 1 fully saturated rings. The second-order valence-electron chi connectivity index (χ2n) is 5.42. The van der Waals surface area contributed by atoms with Crippen LogP contribution in [-0.4, -0.2) is 53.9 Å². The fourth-order valence-corrected chi connectivity index (χ4v) is 2.50. The Morgan fingerprint density at radius 3 is 2.61 bits per heavy atom. The zero-order chi connectivity index (χ0) is 16.7. The highest BCUT2D eigenvalue weighted by Crippen LogP contribution is 2.13. The number of aromatic nitrogens is 1. The molecule has 0 aliphatic carbocycles.